The predicted molar refractivity (Wildman–Crippen MR) is 67.4 cm³/mol. The van der Waals surface area contributed by atoms with Crippen LogP contribution >= 0.6 is 0 Å². The van der Waals surface area contributed by atoms with Crippen LogP contribution in [0.1, 0.15) is 22.0 Å². The molecule has 4 nitrogen and oxygen atoms in total. The van der Waals surface area contributed by atoms with E-state index in [1.54, 1.807) is 30.3 Å². The Morgan fingerprint density at radius 2 is 1.61 bits per heavy atom. The molecule has 0 aliphatic rings. The molecule has 0 fully saturated rings. The van der Waals surface area contributed by atoms with Crippen molar-refractivity contribution in [1.82, 2.24) is 0 Å². The van der Waals surface area contributed by atoms with Gasteiger partial charge in [0.2, 0.25) is 0 Å². The van der Waals surface area contributed by atoms with E-state index in [1.807, 2.05) is 0 Å². The number of nitroso groups, excluding NO2 is 1. The van der Waals surface area contributed by atoms with Gasteiger partial charge in [-0.15, -0.1) is 4.91 Å². The van der Waals surface area contributed by atoms with Crippen LogP contribution in [0.5, 0.6) is 5.75 Å². The van der Waals surface area contributed by atoms with Crippen molar-refractivity contribution in [3.05, 3.63) is 70.6 Å². The van der Waals surface area contributed by atoms with E-state index >= 15 is 0 Å². The van der Waals surface area contributed by atoms with Gasteiger partial charge in [0.25, 0.3) is 0 Å². The standard InChI is InChI=1S/C14H11NO3/c16-12-8-6-10(7-9-12)13(15-18)14(17)11-4-2-1-3-5-11/h1-9,13,16H. The molecule has 0 aliphatic heterocycles. The van der Waals surface area contributed by atoms with Crippen LogP contribution in [0.3, 0.4) is 0 Å². The molecule has 0 aromatic heterocycles. The third kappa shape index (κ3) is 2.43. The van der Waals surface area contributed by atoms with Gasteiger partial charge in [0.05, 0.1) is 0 Å². The third-order valence-electron chi connectivity index (χ3n) is 2.62. The van der Waals surface area contributed by atoms with Crippen LogP contribution in [-0.2, 0) is 0 Å². The SMILES string of the molecule is O=NC(C(=O)c1ccccc1)c1ccc(O)cc1. The average molecular weight is 241 g/mol. The zero-order chi connectivity index (χ0) is 13.0. The molecule has 0 radical (unpaired) electrons. The fraction of sp³-hybridized carbons (Fsp3) is 0.0714. The number of phenolic OH excluding ortho intramolecular Hbond substituents is 1. The number of carbonyl (C=O) groups is 1. The Morgan fingerprint density at radius 3 is 2.17 bits per heavy atom. The Hall–Kier alpha value is -2.49. The van der Waals surface area contributed by atoms with E-state index in [0.29, 0.717) is 11.1 Å². The zero-order valence-corrected chi connectivity index (χ0v) is 9.48. The summed E-state index contributed by atoms with van der Waals surface area (Å²) in [5.74, 6) is -0.271. The molecule has 90 valence electrons. The summed E-state index contributed by atoms with van der Waals surface area (Å²) in [4.78, 5) is 23.0. The van der Waals surface area contributed by atoms with Crippen molar-refractivity contribution in [3.8, 4) is 5.75 Å². The van der Waals surface area contributed by atoms with Gasteiger partial charge < -0.3 is 5.11 Å². The van der Waals surface area contributed by atoms with Gasteiger partial charge in [-0.2, -0.15) is 0 Å². The van der Waals surface area contributed by atoms with Crippen LogP contribution in [0.15, 0.2) is 59.8 Å². The number of benzene rings is 2. The smallest absolute Gasteiger partial charge is 0.195 e. The Balaban J connectivity index is 2.32. The van der Waals surface area contributed by atoms with Crippen LogP contribution in [0.25, 0.3) is 0 Å². The number of carbonyl (C=O) groups excluding carboxylic acids is 1. The van der Waals surface area contributed by atoms with Gasteiger partial charge in [0, 0.05) is 5.56 Å². The van der Waals surface area contributed by atoms with E-state index in [-0.39, 0.29) is 11.5 Å². The molecular formula is C14H11NO3. The Kier molecular flexibility index (Phi) is 3.48. The fourth-order valence-corrected chi connectivity index (χ4v) is 1.68. The fourth-order valence-electron chi connectivity index (χ4n) is 1.68. The van der Waals surface area contributed by atoms with E-state index in [4.69, 9.17) is 0 Å². The minimum atomic E-state index is -1.08. The first kappa shape index (κ1) is 12.0. The lowest BCUT2D eigenvalue weighted by Crippen LogP contribution is -2.10. The van der Waals surface area contributed by atoms with Crippen molar-refractivity contribution in [3.63, 3.8) is 0 Å². The van der Waals surface area contributed by atoms with E-state index in [1.165, 1.54) is 24.3 Å². The predicted octanol–water partition coefficient (Wildman–Crippen LogP) is 3.08. The normalized spacial score (nSPS) is 11.8. The molecule has 0 saturated carbocycles. The van der Waals surface area contributed by atoms with E-state index in [2.05, 4.69) is 5.18 Å². The zero-order valence-electron chi connectivity index (χ0n) is 9.48. The molecule has 0 bridgehead atoms. The van der Waals surface area contributed by atoms with Crippen molar-refractivity contribution >= 4 is 5.78 Å². The molecule has 0 saturated heterocycles. The molecular weight excluding hydrogens is 230 g/mol. The van der Waals surface area contributed by atoms with Crippen LogP contribution in [0.2, 0.25) is 0 Å². The van der Waals surface area contributed by atoms with Gasteiger partial charge in [-0.1, -0.05) is 47.6 Å². The molecule has 0 amide bonds. The molecule has 0 heterocycles. The molecule has 4 heteroatoms. The van der Waals surface area contributed by atoms with E-state index < -0.39 is 6.04 Å². The molecule has 0 aliphatic carbocycles. The van der Waals surface area contributed by atoms with Crippen molar-refractivity contribution in [1.29, 1.82) is 0 Å². The van der Waals surface area contributed by atoms with Crippen molar-refractivity contribution < 1.29 is 9.90 Å². The number of phenols is 1. The quantitative estimate of drug-likeness (QED) is 0.660. The number of aromatic hydroxyl groups is 1. The summed E-state index contributed by atoms with van der Waals surface area (Å²) >= 11 is 0. The first-order chi connectivity index (χ1) is 8.72. The molecule has 1 N–H and O–H groups in total. The minimum Gasteiger partial charge on any atom is -0.508 e. The van der Waals surface area contributed by atoms with Gasteiger partial charge in [-0.25, -0.2) is 0 Å². The molecule has 2 aromatic rings. The summed E-state index contributed by atoms with van der Waals surface area (Å²) < 4.78 is 0. The monoisotopic (exact) mass is 241 g/mol. The summed E-state index contributed by atoms with van der Waals surface area (Å²) in [5, 5.41) is 12.1. The van der Waals surface area contributed by atoms with Gasteiger partial charge in [0.1, 0.15) is 5.75 Å². The maximum Gasteiger partial charge on any atom is 0.195 e. The molecule has 18 heavy (non-hydrogen) atoms. The minimum absolute atomic E-state index is 0.0792. The van der Waals surface area contributed by atoms with E-state index in [9.17, 15) is 14.8 Å². The lowest BCUT2D eigenvalue weighted by Gasteiger charge is -2.08. The summed E-state index contributed by atoms with van der Waals surface area (Å²) in [7, 11) is 0. The third-order valence-corrected chi connectivity index (χ3v) is 2.62. The van der Waals surface area contributed by atoms with Gasteiger partial charge in [-0.3, -0.25) is 4.79 Å². The highest BCUT2D eigenvalue weighted by atomic mass is 16.3. The number of ketones is 1. The van der Waals surface area contributed by atoms with Crippen LogP contribution in [0.4, 0.5) is 0 Å². The van der Waals surface area contributed by atoms with Gasteiger partial charge in [-0.05, 0) is 17.7 Å². The number of nitrogens with zero attached hydrogens (tertiary/aromatic N) is 1. The van der Waals surface area contributed by atoms with Crippen LogP contribution < -0.4 is 0 Å². The van der Waals surface area contributed by atoms with Crippen LogP contribution in [-0.4, -0.2) is 10.9 Å². The summed E-state index contributed by atoms with van der Waals surface area (Å²) in [6.07, 6.45) is 0. The lowest BCUT2D eigenvalue weighted by atomic mass is 9.98. The summed E-state index contributed by atoms with van der Waals surface area (Å²) in [6, 6.07) is 13.3. The Morgan fingerprint density at radius 1 is 1.00 bits per heavy atom. The number of Topliss-reactive ketones (excluding diaryl/α,β-unsaturated/α-hetero) is 1. The first-order valence-electron chi connectivity index (χ1n) is 5.43. The number of hydrogen-bond acceptors (Lipinski definition) is 4. The summed E-state index contributed by atoms with van der Waals surface area (Å²) in [6.45, 7) is 0. The van der Waals surface area contributed by atoms with Crippen molar-refractivity contribution in [2.75, 3.05) is 0 Å². The highest BCUT2D eigenvalue weighted by Gasteiger charge is 2.22. The van der Waals surface area contributed by atoms with Crippen LogP contribution in [0, 0.1) is 4.91 Å². The number of rotatable bonds is 4. The highest BCUT2D eigenvalue weighted by molar-refractivity contribution is 6.00. The molecule has 1 atom stereocenters. The summed E-state index contributed by atoms with van der Waals surface area (Å²) in [5.41, 5.74) is 0.909. The second kappa shape index (κ2) is 5.23. The van der Waals surface area contributed by atoms with E-state index in [0.717, 1.165) is 0 Å². The molecule has 1 unspecified atom stereocenters. The average Bonchev–Trinajstić information content (AvgIpc) is 2.42. The molecule has 2 rings (SSSR count). The Labute approximate surface area is 104 Å². The number of hydrogen-bond donors (Lipinski definition) is 1. The maximum absolute atomic E-state index is 12.1. The maximum atomic E-state index is 12.1. The first-order valence-corrected chi connectivity index (χ1v) is 5.43. The lowest BCUT2D eigenvalue weighted by molar-refractivity contribution is 0.0962. The highest BCUT2D eigenvalue weighted by Crippen LogP contribution is 2.23. The molecule has 2 aromatic carbocycles. The second-order valence-electron chi connectivity index (χ2n) is 3.83. The van der Waals surface area contributed by atoms with Gasteiger partial charge in [0.15, 0.2) is 11.8 Å². The van der Waals surface area contributed by atoms with Gasteiger partial charge >= 0.3 is 0 Å². The van der Waals surface area contributed by atoms with Crippen molar-refractivity contribution in [2.24, 2.45) is 5.18 Å². The Bertz CT molecular complexity index is 549. The second-order valence-corrected chi connectivity index (χ2v) is 3.83. The molecule has 0 spiro atoms. The topological polar surface area (TPSA) is 66.7 Å². The largest absolute Gasteiger partial charge is 0.508 e. The van der Waals surface area contributed by atoms with Crippen molar-refractivity contribution in [2.45, 2.75) is 6.04 Å².